The number of nitrogens with zero attached hydrogens (tertiary/aromatic N) is 2. The van der Waals surface area contributed by atoms with E-state index in [1.54, 1.807) is 12.1 Å². The molecular formula is C9H7N3O2S. The fourth-order valence-corrected chi connectivity index (χ4v) is 1.71. The molecule has 5 nitrogen and oxygen atoms in total. The molecule has 1 N–H and O–H groups in total. The number of rotatable bonds is 3. The average molecular weight is 221 g/mol. The molecule has 0 fully saturated rings. The van der Waals surface area contributed by atoms with Gasteiger partial charge in [0.1, 0.15) is 6.07 Å². The van der Waals surface area contributed by atoms with Crippen molar-refractivity contribution in [1.82, 2.24) is 0 Å². The number of anilines is 1. The Bertz CT molecular complexity index is 537. The molecule has 0 amide bonds. The molecule has 76 valence electrons. The van der Waals surface area contributed by atoms with Crippen LogP contribution in [-0.2, 0) is 10.0 Å². The van der Waals surface area contributed by atoms with Crippen LogP contribution in [0.3, 0.4) is 0 Å². The fraction of sp³-hybridized carbons (Fsp3) is 0.111. The molecule has 0 radical (unpaired) electrons. The van der Waals surface area contributed by atoms with Crippen molar-refractivity contribution >= 4 is 15.7 Å². The third-order valence-electron chi connectivity index (χ3n) is 1.57. The Kier molecular flexibility index (Phi) is 3.27. The van der Waals surface area contributed by atoms with Gasteiger partial charge in [-0.2, -0.15) is 10.5 Å². The SMILES string of the molecule is N#CCS(=O)(=O)Nc1ccccc1C#N. The summed E-state index contributed by atoms with van der Waals surface area (Å²) in [7, 11) is -3.68. The third kappa shape index (κ3) is 2.97. The summed E-state index contributed by atoms with van der Waals surface area (Å²) < 4.78 is 24.6. The van der Waals surface area contributed by atoms with E-state index in [1.165, 1.54) is 18.2 Å². The average Bonchev–Trinajstić information content (AvgIpc) is 2.17. The second kappa shape index (κ2) is 4.45. The molecule has 1 aromatic carbocycles. The summed E-state index contributed by atoms with van der Waals surface area (Å²) in [5.74, 6) is -0.632. The van der Waals surface area contributed by atoms with Crippen molar-refractivity contribution in [2.75, 3.05) is 10.5 Å². The molecular weight excluding hydrogens is 214 g/mol. The van der Waals surface area contributed by atoms with Crippen LogP contribution in [0.2, 0.25) is 0 Å². The molecule has 0 aliphatic carbocycles. The van der Waals surface area contributed by atoms with Crippen LogP contribution in [-0.4, -0.2) is 14.2 Å². The van der Waals surface area contributed by atoms with Gasteiger partial charge in [-0.1, -0.05) is 12.1 Å². The highest BCUT2D eigenvalue weighted by Gasteiger charge is 2.11. The molecule has 0 aliphatic rings. The first-order chi connectivity index (χ1) is 7.09. The van der Waals surface area contributed by atoms with Crippen LogP contribution in [0.4, 0.5) is 5.69 Å². The monoisotopic (exact) mass is 221 g/mol. The summed E-state index contributed by atoms with van der Waals surface area (Å²) in [4.78, 5) is 0. The fourth-order valence-electron chi connectivity index (χ4n) is 0.958. The zero-order chi connectivity index (χ0) is 11.3. The molecule has 0 spiro atoms. The number of nitrogens with one attached hydrogen (secondary N) is 1. The molecule has 0 aromatic heterocycles. The highest BCUT2D eigenvalue weighted by atomic mass is 32.2. The maximum Gasteiger partial charge on any atom is 0.246 e. The number of benzene rings is 1. The van der Waals surface area contributed by atoms with Gasteiger partial charge >= 0.3 is 0 Å². The molecule has 0 bridgehead atoms. The molecule has 0 heterocycles. The normalized spacial score (nSPS) is 10.0. The van der Waals surface area contributed by atoms with E-state index in [1.807, 2.05) is 6.07 Å². The number of nitriles is 2. The first-order valence-corrected chi connectivity index (χ1v) is 5.61. The van der Waals surface area contributed by atoms with Crippen LogP contribution in [0.25, 0.3) is 0 Å². The van der Waals surface area contributed by atoms with Gasteiger partial charge in [0, 0.05) is 0 Å². The number of para-hydroxylation sites is 1. The summed E-state index contributed by atoms with van der Waals surface area (Å²) in [6.07, 6.45) is 0. The van der Waals surface area contributed by atoms with Crippen LogP contribution in [0.5, 0.6) is 0 Å². The Morgan fingerprint density at radius 1 is 1.27 bits per heavy atom. The molecule has 0 saturated carbocycles. The van der Waals surface area contributed by atoms with E-state index in [9.17, 15) is 8.42 Å². The number of hydrogen-bond donors (Lipinski definition) is 1. The van der Waals surface area contributed by atoms with E-state index < -0.39 is 15.8 Å². The van der Waals surface area contributed by atoms with E-state index in [0.717, 1.165) is 0 Å². The lowest BCUT2D eigenvalue weighted by Crippen LogP contribution is -2.16. The quantitative estimate of drug-likeness (QED) is 0.817. The Morgan fingerprint density at radius 3 is 2.53 bits per heavy atom. The van der Waals surface area contributed by atoms with Crippen LogP contribution < -0.4 is 4.72 Å². The Labute approximate surface area is 87.6 Å². The lowest BCUT2D eigenvalue weighted by Gasteiger charge is -2.05. The van der Waals surface area contributed by atoms with E-state index >= 15 is 0 Å². The van der Waals surface area contributed by atoms with Crippen molar-refractivity contribution in [1.29, 1.82) is 10.5 Å². The van der Waals surface area contributed by atoms with E-state index in [4.69, 9.17) is 10.5 Å². The van der Waals surface area contributed by atoms with Gasteiger partial charge in [-0.05, 0) is 12.1 Å². The van der Waals surface area contributed by atoms with Crippen molar-refractivity contribution in [3.8, 4) is 12.1 Å². The predicted molar refractivity (Wildman–Crippen MR) is 54.2 cm³/mol. The Morgan fingerprint density at radius 2 is 1.93 bits per heavy atom. The predicted octanol–water partition coefficient (Wildman–Crippen LogP) is 0.824. The lowest BCUT2D eigenvalue weighted by atomic mass is 10.2. The maximum atomic E-state index is 11.2. The molecule has 0 aliphatic heterocycles. The summed E-state index contributed by atoms with van der Waals surface area (Å²) in [5, 5.41) is 17.0. The van der Waals surface area contributed by atoms with Gasteiger partial charge in [-0.25, -0.2) is 8.42 Å². The second-order valence-electron chi connectivity index (χ2n) is 2.68. The minimum Gasteiger partial charge on any atom is -0.281 e. The van der Waals surface area contributed by atoms with Crippen molar-refractivity contribution < 1.29 is 8.42 Å². The minimum absolute atomic E-state index is 0.190. The summed E-state index contributed by atoms with van der Waals surface area (Å²) >= 11 is 0. The topological polar surface area (TPSA) is 93.8 Å². The third-order valence-corrected chi connectivity index (χ3v) is 2.61. The van der Waals surface area contributed by atoms with Gasteiger partial charge in [0.25, 0.3) is 0 Å². The zero-order valence-corrected chi connectivity index (χ0v) is 8.45. The van der Waals surface area contributed by atoms with E-state index in [-0.39, 0.29) is 11.3 Å². The van der Waals surface area contributed by atoms with Crippen molar-refractivity contribution in [3.05, 3.63) is 29.8 Å². The van der Waals surface area contributed by atoms with E-state index in [0.29, 0.717) is 0 Å². The van der Waals surface area contributed by atoms with Crippen LogP contribution in [0.15, 0.2) is 24.3 Å². The molecule has 1 rings (SSSR count). The van der Waals surface area contributed by atoms with Crippen LogP contribution >= 0.6 is 0 Å². The summed E-state index contributed by atoms with van der Waals surface area (Å²) in [5.41, 5.74) is 0.411. The first kappa shape index (κ1) is 11.0. The highest BCUT2D eigenvalue weighted by molar-refractivity contribution is 7.92. The number of hydrogen-bond acceptors (Lipinski definition) is 4. The standard InChI is InChI=1S/C9H7N3O2S/c10-5-6-15(13,14)12-9-4-2-1-3-8(9)7-11/h1-4,12H,6H2. The van der Waals surface area contributed by atoms with Gasteiger partial charge < -0.3 is 0 Å². The molecule has 0 unspecified atom stereocenters. The van der Waals surface area contributed by atoms with Crippen molar-refractivity contribution in [3.63, 3.8) is 0 Å². The Balaban J connectivity index is 3.02. The zero-order valence-electron chi connectivity index (χ0n) is 7.64. The van der Waals surface area contributed by atoms with Crippen molar-refractivity contribution in [2.24, 2.45) is 0 Å². The molecule has 15 heavy (non-hydrogen) atoms. The van der Waals surface area contributed by atoms with Crippen LogP contribution in [0.1, 0.15) is 5.56 Å². The van der Waals surface area contributed by atoms with Gasteiger partial charge in [0.2, 0.25) is 10.0 Å². The molecule has 6 heteroatoms. The largest absolute Gasteiger partial charge is 0.281 e. The van der Waals surface area contributed by atoms with E-state index in [2.05, 4.69) is 4.72 Å². The number of sulfonamides is 1. The summed E-state index contributed by atoms with van der Waals surface area (Å²) in [6, 6.07) is 9.57. The van der Waals surface area contributed by atoms with Crippen molar-refractivity contribution in [2.45, 2.75) is 0 Å². The molecule has 1 aromatic rings. The van der Waals surface area contributed by atoms with Gasteiger partial charge in [-0.15, -0.1) is 0 Å². The second-order valence-corrected chi connectivity index (χ2v) is 4.40. The maximum absolute atomic E-state index is 11.2. The van der Waals surface area contributed by atoms with Crippen LogP contribution in [0, 0.1) is 22.7 Å². The molecule has 0 atom stereocenters. The van der Waals surface area contributed by atoms with Gasteiger partial charge in [0.05, 0.1) is 17.3 Å². The highest BCUT2D eigenvalue weighted by Crippen LogP contribution is 2.14. The smallest absolute Gasteiger partial charge is 0.246 e. The molecule has 0 saturated heterocycles. The first-order valence-electron chi connectivity index (χ1n) is 3.95. The summed E-state index contributed by atoms with van der Waals surface area (Å²) in [6.45, 7) is 0. The Hall–Kier alpha value is -2.05. The lowest BCUT2D eigenvalue weighted by molar-refractivity contribution is 0.604. The van der Waals surface area contributed by atoms with Gasteiger partial charge in [-0.3, -0.25) is 4.72 Å². The van der Waals surface area contributed by atoms with Gasteiger partial charge in [0.15, 0.2) is 5.75 Å². The minimum atomic E-state index is -3.68.